The van der Waals surface area contributed by atoms with Crippen molar-refractivity contribution < 1.29 is 28.2 Å². The molecule has 0 aromatic rings. The first-order chi connectivity index (χ1) is 21.1. The Labute approximate surface area is 276 Å². The van der Waals surface area contributed by atoms with Crippen molar-refractivity contribution in [3.05, 3.63) is 0 Å². The molecule has 13 heteroatoms. The summed E-state index contributed by atoms with van der Waals surface area (Å²) in [5.41, 5.74) is 4.11. The van der Waals surface area contributed by atoms with Crippen molar-refractivity contribution in [3.63, 3.8) is 0 Å². The number of hydrogen-bond acceptors (Lipinski definition) is 6. The maximum absolute atomic E-state index is 14.3. The molecule has 4 rings (SSSR count). The average Bonchev–Trinajstić information content (AvgIpc) is 3.79. The standard InChI is InChI=1S/C33H56N6O6S/c1-31(2,3)22(17-38(9)46(45)19-13-14-19)36-30(44)37-26(32(4,5)6)29(43)39-16-20-23(33(20,7)8)24(39)28(42)35-21(25(40)27(34)41)15-18-11-10-12-18/h18-24,26H,10-17H2,1-9H3,(H2,34,41)(H,35,42)(H2,36,37,44)/t20-,21?,22+,23-,24-,26+,46?/m0/s1. The van der Waals surface area contributed by atoms with Gasteiger partial charge in [0.05, 0.1) is 17.0 Å². The van der Waals surface area contributed by atoms with E-state index < -0.39 is 58.2 Å². The van der Waals surface area contributed by atoms with E-state index in [2.05, 4.69) is 29.8 Å². The van der Waals surface area contributed by atoms with Crippen LogP contribution in [-0.4, -0.2) is 92.5 Å². The number of amides is 5. The summed E-state index contributed by atoms with van der Waals surface area (Å²) < 4.78 is 14.5. The Morgan fingerprint density at radius 1 is 0.957 bits per heavy atom. The maximum atomic E-state index is 14.3. The van der Waals surface area contributed by atoms with E-state index in [4.69, 9.17) is 5.73 Å². The summed E-state index contributed by atoms with van der Waals surface area (Å²) >= 11 is 0. The number of ketones is 1. The Morgan fingerprint density at radius 2 is 1.57 bits per heavy atom. The topological polar surface area (TPSA) is 171 Å². The first-order valence-corrected chi connectivity index (χ1v) is 17.9. The number of Topliss-reactive ketones (excluding diaryl/α,β-unsaturated/α-hetero) is 1. The number of carbonyl (C=O) groups excluding carboxylic acids is 5. The van der Waals surface area contributed by atoms with Crippen LogP contribution in [0.2, 0.25) is 0 Å². The van der Waals surface area contributed by atoms with E-state index in [9.17, 15) is 28.2 Å². The summed E-state index contributed by atoms with van der Waals surface area (Å²) in [6.45, 7) is 16.5. The van der Waals surface area contributed by atoms with Crippen LogP contribution in [0, 0.1) is 34.0 Å². The molecule has 0 aromatic carbocycles. The third kappa shape index (κ3) is 7.94. The van der Waals surface area contributed by atoms with Gasteiger partial charge in [-0.15, -0.1) is 0 Å². The van der Waals surface area contributed by atoms with Crippen LogP contribution in [0.5, 0.6) is 0 Å². The zero-order chi connectivity index (χ0) is 34.5. The molecular formula is C33H56N6O6S. The molecule has 0 radical (unpaired) electrons. The molecular weight excluding hydrogens is 608 g/mol. The van der Waals surface area contributed by atoms with E-state index in [1.54, 1.807) is 16.3 Å². The Hall–Kier alpha value is -2.54. The van der Waals surface area contributed by atoms with Crippen molar-refractivity contribution in [3.8, 4) is 0 Å². The van der Waals surface area contributed by atoms with Crippen molar-refractivity contribution in [1.29, 1.82) is 0 Å². The van der Waals surface area contributed by atoms with Gasteiger partial charge in [0.2, 0.25) is 17.6 Å². The zero-order valence-corrected chi connectivity index (χ0v) is 29.9. The molecule has 5 amide bonds. The van der Waals surface area contributed by atoms with Crippen LogP contribution < -0.4 is 21.7 Å². The van der Waals surface area contributed by atoms with Crippen molar-refractivity contribution in [1.82, 2.24) is 25.2 Å². The van der Waals surface area contributed by atoms with Gasteiger partial charge >= 0.3 is 6.03 Å². The molecule has 4 fully saturated rings. The molecule has 0 aromatic heterocycles. The summed E-state index contributed by atoms with van der Waals surface area (Å²) in [5, 5.41) is 8.93. The lowest BCUT2D eigenvalue weighted by molar-refractivity contribution is -0.145. The minimum Gasteiger partial charge on any atom is -0.363 e. The number of nitrogens with two attached hydrogens (primary N) is 1. The SMILES string of the molecule is CN(C[C@@H](NC(=O)N[C@H](C(=O)N1C[C@H]2[C@@H]([C@H]1C(=O)NC(CC1CCC1)C(=O)C(N)=O)C2(C)C)C(C)(C)C)C(C)(C)C)S(=O)C1CC1. The fourth-order valence-corrected chi connectivity index (χ4v) is 8.42. The highest BCUT2D eigenvalue weighted by Gasteiger charge is 2.70. The van der Waals surface area contributed by atoms with E-state index in [1.807, 2.05) is 41.5 Å². The second-order valence-electron chi connectivity index (χ2n) is 16.8. The molecule has 2 unspecified atom stereocenters. The Balaban J connectivity index is 1.50. The first kappa shape index (κ1) is 36.3. The number of hydrogen-bond donors (Lipinski definition) is 4. The van der Waals surface area contributed by atoms with Gasteiger partial charge in [-0.25, -0.2) is 13.3 Å². The highest BCUT2D eigenvalue weighted by molar-refractivity contribution is 7.83. The minimum absolute atomic E-state index is 0.0896. The number of fused-ring (bicyclic) bond motifs is 1. The third-order valence-corrected chi connectivity index (χ3v) is 12.5. The number of piperidine rings is 1. The van der Waals surface area contributed by atoms with Gasteiger partial charge in [-0.2, -0.15) is 0 Å². The van der Waals surface area contributed by atoms with Gasteiger partial charge in [0.1, 0.15) is 12.1 Å². The molecule has 7 atom stereocenters. The summed E-state index contributed by atoms with van der Waals surface area (Å²) in [6, 6.07) is -3.71. The highest BCUT2D eigenvalue weighted by atomic mass is 32.2. The van der Waals surface area contributed by atoms with E-state index in [1.165, 1.54) is 0 Å². The number of carbonyl (C=O) groups is 5. The number of urea groups is 1. The number of nitrogens with one attached hydrogen (secondary N) is 3. The van der Waals surface area contributed by atoms with Crippen LogP contribution in [0.3, 0.4) is 0 Å². The van der Waals surface area contributed by atoms with Gasteiger partial charge < -0.3 is 26.6 Å². The molecule has 5 N–H and O–H groups in total. The Kier molecular flexibility index (Phi) is 10.4. The fraction of sp³-hybridized carbons (Fsp3) is 0.848. The molecule has 1 heterocycles. The summed E-state index contributed by atoms with van der Waals surface area (Å²) in [7, 11) is 0.680. The summed E-state index contributed by atoms with van der Waals surface area (Å²) in [5.74, 6) is -2.55. The van der Waals surface area contributed by atoms with E-state index in [0.29, 0.717) is 19.5 Å². The van der Waals surface area contributed by atoms with Crippen LogP contribution in [0.1, 0.15) is 93.9 Å². The second-order valence-corrected chi connectivity index (χ2v) is 18.7. The number of primary amides is 1. The molecule has 3 aliphatic carbocycles. The number of likely N-dealkylation sites (tertiary alicyclic amines) is 1. The van der Waals surface area contributed by atoms with Crippen LogP contribution in [0.15, 0.2) is 0 Å². The highest BCUT2D eigenvalue weighted by Crippen LogP contribution is 2.65. The number of rotatable bonds is 13. The molecule has 1 saturated heterocycles. The number of nitrogens with zero attached hydrogens (tertiary/aromatic N) is 2. The van der Waals surface area contributed by atoms with Crippen molar-refractivity contribution >= 4 is 40.5 Å². The Bertz CT molecular complexity index is 1250. The molecule has 260 valence electrons. The van der Waals surface area contributed by atoms with Gasteiger partial charge in [-0.3, -0.25) is 19.2 Å². The van der Waals surface area contributed by atoms with E-state index in [-0.39, 0.29) is 45.8 Å². The molecule has 0 spiro atoms. The van der Waals surface area contributed by atoms with E-state index >= 15 is 0 Å². The molecule has 1 aliphatic heterocycles. The van der Waals surface area contributed by atoms with Crippen molar-refractivity contribution in [2.24, 2.45) is 39.7 Å². The van der Waals surface area contributed by atoms with E-state index in [0.717, 1.165) is 32.1 Å². The van der Waals surface area contributed by atoms with Crippen molar-refractivity contribution in [2.45, 2.75) is 123 Å². The van der Waals surface area contributed by atoms with Crippen LogP contribution >= 0.6 is 0 Å². The summed E-state index contributed by atoms with van der Waals surface area (Å²) in [4.78, 5) is 67.9. The van der Waals surface area contributed by atoms with Crippen LogP contribution in [-0.2, 0) is 30.2 Å². The van der Waals surface area contributed by atoms with Gasteiger partial charge in [0.15, 0.2) is 0 Å². The molecule has 3 saturated carbocycles. The molecule has 4 aliphatic rings. The molecule has 12 nitrogen and oxygen atoms in total. The fourth-order valence-electron chi connectivity index (χ4n) is 7.07. The lowest BCUT2D eigenvalue weighted by Crippen LogP contribution is -2.62. The van der Waals surface area contributed by atoms with Crippen molar-refractivity contribution in [2.75, 3.05) is 20.1 Å². The lowest BCUT2D eigenvalue weighted by atomic mass is 9.80. The largest absolute Gasteiger partial charge is 0.363 e. The van der Waals surface area contributed by atoms with Gasteiger partial charge in [-0.1, -0.05) is 74.7 Å². The van der Waals surface area contributed by atoms with Gasteiger partial charge in [0.25, 0.3) is 5.91 Å². The predicted octanol–water partition coefficient (Wildman–Crippen LogP) is 2.09. The lowest BCUT2D eigenvalue weighted by Gasteiger charge is -2.39. The second kappa shape index (κ2) is 13.2. The summed E-state index contributed by atoms with van der Waals surface area (Å²) in [6.07, 6.45) is 5.12. The Morgan fingerprint density at radius 3 is 2.04 bits per heavy atom. The first-order valence-electron chi connectivity index (χ1n) is 16.8. The normalized spacial score (nSPS) is 26.7. The van der Waals surface area contributed by atoms with Gasteiger partial charge in [-0.05, 0) is 60.3 Å². The minimum atomic E-state index is -1.12. The monoisotopic (exact) mass is 664 g/mol. The zero-order valence-electron chi connectivity index (χ0n) is 29.1. The quantitative estimate of drug-likeness (QED) is 0.220. The van der Waals surface area contributed by atoms with Crippen LogP contribution in [0.4, 0.5) is 4.79 Å². The molecule has 46 heavy (non-hydrogen) atoms. The van der Waals surface area contributed by atoms with Crippen LogP contribution in [0.25, 0.3) is 0 Å². The maximum Gasteiger partial charge on any atom is 0.315 e. The van der Waals surface area contributed by atoms with Gasteiger partial charge in [0, 0.05) is 24.4 Å². The molecule has 0 bridgehead atoms. The smallest absolute Gasteiger partial charge is 0.315 e. The average molecular weight is 665 g/mol. The predicted molar refractivity (Wildman–Crippen MR) is 176 cm³/mol. The number of likely N-dealkylation sites (N-methyl/N-ethyl adjacent to an activating group) is 1. The third-order valence-electron chi connectivity index (χ3n) is 10.7.